The lowest BCUT2D eigenvalue weighted by Gasteiger charge is -2.17. The monoisotopic (exact) mass is 299 g/mol. The van der Waals surface area contributed by atoms with Crippen molar-refractivity contribution in [1.82, 2.24) is 10.2 Å². The highest BCUT2D eigenvalue weighted by molar-refractivity contribution is 5.92. The Balaban J connectivity index is 2.06. The summed E-state index contributed by atoms with van der Waals surface area (Å²) >= 11 is 0. The Hall–Kier alpha value is -2.89. The molecule has 3 rings (SSSR count). The quantitative estimate of drug-likeness (QED) is 0.695. The maximum absolute atomic E-state index is 13.3. The predicted octanol–water partition coefficient (Wildman–Crippen LogP) is 2.53. The second-order valence-corrected chi connectivity index (χ2v) is 5.06. The SMILES string of the molecule is CC(Nc1cccc2c(=O)[nH][nH]c(=O)c12)c1cccc(F)c1. The Morgan fingerprint density at radius 2 is 1.77 bits per heavy atom. The lowest BCUT2D eigenvalue weighted by Crippen LogP contribution is -2.20. The number of hydrogen-bond acceptors (Lipinski definition) is 3. The van der Waals surface area contributed by atoms with Crippen molar-refractivity contribution < 1.29 is 4.39 Å². The van der Waals surface area contributed by atoms with Gasteiger partial charge in [0.05, 0.1) is 10.8 Å². The van der Waals surface area contributed by atoms with E-state index in [1.807, 2.05) is 6.92 Å². The maximum atomic E-state index is 13.3. The number of benzene rings is 2. The molecule has 3 N–H and O–H groups in total. The first-order valence-electron chi connectivity index (χ1n) is 6.82. The minimum Gasteiger partial charge on any atom is -0.378 e. The first kappa shape index (κ1) is 14.1. The second kappa shape index (κ2) is 5.48. The van der Waals surface area contributed by atoms with Crippen LogP contribution in [0.3, 0.4) is 0 Å². The third-order valence-corrected chi connectivity index (χ3v) is 3.55. The summed E-state index contributed by atoms with van der Waals surface area (Å²) in [6, 6.07) is 11.0. The van der Waals surface area contributed by atoms with E-state index in [1.54, 1.807) is 30.3 Å². The molecule has 22 heavy (non-hydrogen) atoms. The van der Waals surface area contributed by atoms with Gasteiger partial charge in [-0.15, -0.1) is 0 Å². The van der Waals surface area contributed by atoms with E-state index >= 15 is 0 Å². The van der Waals surface area contributed by atoms with Crippen LogP contribution in [-0.4, -0.2) is 10.2 Å². The van der Waals surface area contributed by atoms with Crippen LogP contribution in [0.4, 0.5) is 10.1 Å². The average molecular weight is 299 g/mol. The number of rotatable bonds is 3. The van der Waals surface area contributed by atoms with Crippen molar-refractivity contribution in [1.29, 1.82) is 0 Å². The maximum Gasteiger partial charge on any atom is 0.272 e. The van der Waals surface area contributed by atoms with E-state index in [-0.39, 0.29) is 28.4 Å². The fourth-order valence-electron chi connectivity index (χ4n) is 2.44. The van der Waals surface area contributed by atoms with E-state index in [2.05, 4.69) is 15.5 Å². The van der Waals surface area contributed by atoms with Crippen LogP contribution >= 0.6 is 0 Å². The smallest absolute Gasteiger partial charge is 0.272 e. The van der Waals surface area contributed by atoms with Gasteiger partial charge < -0.3 is 5.32 Å². The molecule has 0 amide bonds. The van der Waals surface area contributed by atoms with E-state index in [0.717, 1.165) is 5.56 Å². The molecule has 0 aliphatic heterocycles. The molecule has 0 bridgehead atoms. The van der Waals surface area contributed by atoms with Gasteiger partial charge >= 0.3 is 0 Å². The molecule has 0 saturated heterocycles. The lowest BCUT2D eigenvalue weighted by atomic mass is 10.1. The highest BCUT2D eigenvalue weighted by atomic mass is 19.1. The molecule has 1 atom stereocenters. The van der Waals surface area contributed by atoms with Crippen molar-refractivity contribution in [2.24, 2.45) is 0 Å². The summed E-state index contributed by atoms with van der Waals surface area (Å²) in [6.45, 7) is 1.86. The Kier molecular flexibility index (Phi) is 3.50. The zero-order valence-electron chi connectivity index (χ0n) is 11.8. The average Bonchev–Trinajstić information content (AvgIpc) is 2.51. The number of nitrogens with one attached hydrogen (secondary N) is 3. The van der Waals surface area contributed by atoms with Crippen LogP contribution in [0.5, 0.6) is 0 Å². The van der Waals surface area contributed by atoms with Gasteiger partial charge in [-0.25, -0.2) is 4.39 Å². The Morgan fingerprint density at radius 3 is 2.55 bits per heavy atom. The van der Waals surface area contributed by atoms with Crippen LogP contribution in [0.25, 0.3) is 10.8 Å². The van der Waals surface area contributed by atoms with Crippen molar-refractivity contribution in [3.63, 3.8) is 0 Å². The fourth-order valence-corrected chi connectivity index (χ4v) is 2.44. The van der Waals surface area contributed by atoms with Gasteiger partial charge in [-0.05, 0) is 36.8 Å². The third-order valence-electron chi connectivity index (χ3n) is 3.55. The first-order valence-corrected chi connectivity index (χ1v) is 6.82. The number of hydrogen-bond donors (Lipinski definition) is 3. The highest BCUT2D eigenvalue weighted by Gasteiger charge is 2.11. The molecule has 1 unspecified atom stereocenters. The summed E-state index contributed by atoms with van der Waals surface area (Å²) in [5, 5.41) is 8.35. The summed E-state index contributed by atoms with van der Waals surface area (Å²) in [6.07, 6.45) is 0. The van der Waals surface area contributed by atoms with Crippen LogP contribution in [0, 0.1) is 5.82 Å². The van der Waals surface area contributed by atoms with E-state index in [9.17, 15) is 14.0 Å². The van der Waals surface area contributed by atoms with Gasteiger partial charge in [0.2, 0.25) is 0 Å². The molecule has 6 heteroatoms. The number of aromatic nitrogens is 2. The molecule has 1 heterocycles. The standard InChI is InChI=1S/C16H14FN3O2/c1-9(10-4-2-5-11(17)8-10)18-13-7-3-6-12-14(13)16(22)20-19-15(12)21/h2-9,18H,1H3,(H,19,21)(H,20,22). The number of anilines is 1. The second-order valence-electron chi connectivity index (χ2n) is 5.06. The number of aromatic amines is 2. The zero-order chi connectivity index (χ0) is 15.7. The van der Waals surface area contributed by atoms with Gasteiger partial charge in [0, 0.05) is 11.7 Å². The molecule has 3 aromatic rings. The van der Waals surface area contributed by atoms with Crippen molar-refractivity contribution in [2.75, 3.05) is 5.32 Å². The normalized spacial score (nSPS) is 12.3. The molecule has 112 valence electrons. The first-order chi connectivity index (χ1) is 10.6. The van der Waals surface area contributed by atoms with Crippen molar-refractivity contribution >= 4 is 16.5 Å². The molecule has 0 aliphatic carbocycles. The molecule has 0 spiro atoms. The fraction of sp³-hybridized carbons (Fsp3) is 0.125. The zero-order valence-corrected chi connectivity index (χ0v) is 11.8. The predicted molar refractivity (Wildman–Crippen MR) is 83.6 cm³/mol. The molecular formula is C16H14FN3O2. The van der Waals surface area contributed by atoms with E-state index in [0.29, 0.717) is 11.1 Å². The molecule has 0 radical (unpaired) electrons. The van der Waals surface area contributed by atoms with Crippen molar-refractivity contribution in [3.05, 3.63) is 74.6 Å². The molecular weight excluding hydrogens is 285 g/mol. The largest absolute Gasteiger partial charge is 0.378 e. The summed E-state index contributed by atoms with van der Waals surface area (Å²) < 4.78 is 13.3. The van der Waals surface area contributed by atoms with Gasteiger partial charge in [-0.3, -0.25) is 19.8 Å². The van der Waals surface area contributed by atoms with Crippen LogP contribution in [-0.2, 0) is 0 Å². The van der Waals surface area contributed by atoms with Gasteiger partial charge in [-0.1, -0.05) is 18.2 Å². The molecule has 2 aromatic carbocycles. The molecule has 5 nitrogen and oxygen atoms in total. The third kappa shape index (κ3) is 2.50. The molecule has 0 aliphatic rings. The number of H-pyrrole nitrogens is 2. The van der Waals surface area contributed by atoms with Gasteiger partial charge in [0.1, 0.15) is 5.82 Å². The van der Waals surface area contributed by atoms with Crippen LogP contribution < -0.4 is 16.4 Å². The topological polar surface area (TPSA) is 77.8 Å². The molecule has 0 fully saturated rings. The van der Waals surface area contributed by atoms with Crippen LogP contribution in [0.1, 0.15) is 18.5 Å². The van der Waals surface area contributed by atoms with Crippen LogP contribution in [0.15, 0.2) is 52.1 Å². The Labute approximate surface area is 124 Å². The van der Waals surface area contributed by atoms with Crippen molar-refractivity contribution in [3.8, 4) is 0 Å². The Bertz CT molecular complexity index is 946. The molecule has 1 aromatic heterocycles. The van der Waals surface area contributed by atoms with Gasteiger partial charge in [0.15, 0.2) is 0 Å². The highest BCUT2D eigenvalue weighted by Crippen LogP contribution is 2.23. The Morgan fingerprint density at radius 1 is 1.05 bits per heavy atom. The van der Waals surface area contributed by atoms with Crippen molar-refractivity contribution in [2.45, 2.75) is 13.0 Å². The number of halogens is 1. The summed E-state index contributed by atoms with van der Waals surface area (Å²) in [7, 11) is 0. The van der Waals surface area contributed by atoms with E-state index < -0.39 is 0 Å². The summed E-state index contributed by atoms with van der Waals surface area (Å²) in [5.74, 6) is -0.321. The van der Waals surface area contributed by atoms with E-state index in [4.69, 9.17) is 0 Å². The van der Waals surface area contributed by atoms with Gasteiger partial charge in [-0.2, -0.15) is 0 Å². The minimum absolute atomic E-state index is 0.222. The van der Waals surface area contributed by atoms with E-state index in [1.165, 1.54) is 12.1 Å². The summed E-state index contributed by atoms with van der Waals surface area (Å²) in [4.78, 5) is 23.8. The number of fused-ring (bicyclic) bond motifs is 1. The summed E-state index contributed by atoms with van der Waals surface area (Å²) in [5.41, 5.74) is 0.528. The van der Waals surface area contributed by atoms with Gasteiger partial charge in [0.25, 0.3) is 11.1 Å². The lowest BCUT2D eigenvalue weighted by molar-refractivity contribution is 0.623. The minimum atomic E-state index is -0.385. The van der Waals surface area contributed by atoms with Crippen LogP contribution in [0.2, 0.25) is 0 Å². The molecule has 0 saturated carbocycles.